The van der Waals surface area contributed by atoms with Crippen LogP contribution in [0.15, 0.2) is 114 Å². The van der Waals surface area contributed by atoms with Gasteiger partial charge in [0.15, 0.2) is 11.3 Å². The number of fused-ring (bicyclic) bond motifs is 2. The maximum Gasteiger partial charge on any atom is 0.317 e. The van der Waals surface area contributed by atoms with Gasteiger partial charge in [-0.1, -0.05) is 58.4 Å². The number of hydrogen-bond acceptors (Lipinski definition) is 14. The minimum absolute atomic E-state index is 0.111. The highest BCUT2D eigenvalue weighted by Gasteiger charge is 2.25. The molecular weight excluding hydrogens is 938 g/mol. The van der Waals surface area contributed by atoms with E-state index >= 15 is 0 Å². The molecule has 2 aliphatic rings. The molecule has 10 rings (SSSR count). The van der Waals surface area contributed by atoms with Gasteiger partial charge >= 0.3 is 5.97 Å². The summed E-state index contributed by atoms with van der Waals surface area (Å²) in [6.07, 6.45) is 6.54. The first-order chi connectivity index (χ1) is 33.0. The average Bonchev–Trinajstić information content (AvgIpc) is 3.94. The number of hydrogen-bond donors (Lipinski definition) is 3. The van der Waals surface area contributed by atoms with Crippen LogP contribution in [0.4, 0.5) is 16.0 Å². The van der Waals surface area contributed by atoms with Crippen molar-refractivity contribution in [2.45, 2.75) is 44.4 Å². The molecule has 5 N–H and O–H groups in total. The van der Waals surface area contributed by atoms with E-state index in [0.717, 1.165) is 82.2 Å². The molecule has 0 amide bonds. The van der Waals surface area contributed by atoms with Crippen molar-refractivity contribution in [2.24, 2.45) is 0 Å². The molecule has 6 heterocycles. The monoisotopic (exact) mass is 987 g/mol. The summed E-state index contributed by atoms with van der Waals surface area (Å²) < 4.78 is 41.9. The molecule has 0 radical (unpaired) electrons. The van der Waals surface area contributed by atoms with Crippen LogP contribution in [0.1, 0.15) is 43.3 Å². The topological polar surface area (TPSA) is 217 Å². The number of nitrogens with zero attached hydrogens (tertiary/aromatic N) is 9. The van der Waals surface area contributed by atoms with Gasteiger partial charge in [-0.3, -0.25) is 9.69 Å². The summed E-state index contributed by atoms with van der Waals surface area (Å²) in [5, 5.41) is 19.3. The average molecular weight is 989 g/mol. The Morgan fingerprint density at radius 2 is 1.22 bits per heavy atom. The van der Waals surface area contributed by atoms with Gasteiger partial charge in [-0.2, -0.15) is 10.2 Å². The quantitative estimate of drug-likeness (QED) is 0.110. The highest BCUT2D eigenvalue weighted by molar-refractivity contribution is 9.10. The van der Waals surface area contributed by atoms with E-state index in [-0.39, 0.29) is 18.6 Å². The number of halogens is 2. The van der Waals surface area contributed by atoms with Gasteiger partial charge in [-0.15, -0.1) is 0 Å². The molecule has 4 aromatic carbocycles. The second kappa shape index (κ2) is 22.2. The SMILES string of the molecule is CN(C)CC(=O)O.Nc1ncnc2c1c(-c1ccc(Br)cc1)nn2C1CCOCC1.Nc1ncnc2c1c(-c1ccc(Oc3cc(F)cc(OCc4ccccc4)c3)cc1)nn2C1CCOCC1. The largest absolute Gasteiger partial charge is 0.489 e. The van der Waals surface area contributed by atoms with Crippen molar-refractivity contribution in [3.8, 4) is 39.8 Å². The standard InChI is InChI=1S/C29H26FN5O3.C16H16BrN5O.C4H9NO2/c30-21-14-24(37-17-19-4-2-1-3-5-19)16-25(15-21)38-23-8-6-20(7-9-23)27-26-28(31)32-18-33-29(26)35(34-27)22-10-12-36-13-11-22;17-11-3-1-10(2-4-11)14-13-15(18)19-9-20-16(13)22(21-14)12-5-7-23-8-6-12;1-5(2)3-4(6)7/h1-9,14-16,18,22H,10-13,17H2,(H2,31,32,33);1-4,9,12H,5-8H2,(H2,18,19,20);3H2,1-2H3,(H,6,7). The maximum absolute atomic E-state index is 14.3. The molecule has 0 bridgehead atoms. The number of carboxylic acid groups (broad SMARTS) is 1. The summed E-state index contributed by atoms with van der Waals surface area (Å²) in [6.45, 7) is 3.32. The molecule has 0 saturated carbocycles. The zero-order valence-electron chi connectivity index (χ0n) is 37.5. The van der Waals surface area contributed by atoms with Crippen molar-refractivity contribution < 1.29 is 33.2 Å². The molecule has 0 unspecified atom stereocenters. The molecule has 0 spiro atoms. The third-order valence-electron chi connectivity index (χ3n) is 11.1. The molecule has 68 heavy (non-hydrogen) atoms. The van der Waals surface area contributed by atoms with Crippen LogP contribution in [0.2, 0.25) is 0 Å². The van der Waals surface area contributed by atoms with E-state index in [1.807, 2.05) is 88.2 Å². The molecule has 17 nitrogen and oxygen atoms in total. The van der Waals surface area contributed by atoms with E-state index in [2.05, 4.69) is 35.9 Å². The number of nitrogens with two attached hydrogens (primary N) is 2. The summed E-state index contributed by atoms with van der Waals surface area (Å²) in [7, 11) is 3.43. The zero-order chi connectivity index (χ0) is 47.6. The van der Waals surface area contributed by atoms with Gasteiger partial charge in [0, 0.05) is 60.2 Å². The molecule has 19 heteroatoms. The number of aliphatic carboxylic acids is 1. The first-order valence-corrected chi connectivity index (χ1v) is 22.8. The normalized spacial score (nSPS) is 14.2. The second-order valence-electron chi connectivity index (χ2n) is 16.4. The summed E-state index contributed by atoms with van der Waals surface area (Å²) in [5.41, 5.74) is 18.3. The number of ether oxygens (including phenoxy) is 4. The van der Waals surface area contributed by atoms with Crippen molar-refractivity contribution in [2.75, 3.05) is 58.5 Å². The molecule has 352 valence electrons. The molecule has 4 aromatic heterocycles. The molecule has 2 fully saturated rings. The molecule has 8 aromatic rings. The Labute approximate surface area is 400 Å². The Morgan fingerprint density at radius 1 is 0.721 bits per heavy atom. The lowest BCUT2D eigenvalue weighted by atomic mass is 10.1. The first kappa shape index (κ1) is 47.4. The highest BCUT2D eigenvalue weighted by Crippen LogP contribution is 2.37. The number of likely N-dealkylation sites (N-methyl/N-ethyl adjacent to an activating group) is 1. The summed E-state index contributed by atoms with van der Waals surface area (Å²) in [4.78, 5) is 28.6. The minimum atomic E-state index is -0.787. The van der Waals surface area contributed by atoms with E-state index in [0.29, 0.717) is 60.0 Å². The van der Waals surface area contributed by atoms with E-state index in [1.165, 1.54) is 24.8 Å². The fraction of sp³-hybridized carbons (Fsp3) is 0.286. The highest BCUT2D eigenvalue weighted by atomic mass is 79.9. The number of nitrogen functional groups attached to an aromatic ring is 2. The first-order valence-electron chi connectivity index (χ1n) is 22.0. The number of anilines is 2. The van der Waals surface area contributed by atoms with Gasteiger partial charge in [0.05, 0.1) is 29.4 Å². The van der Waals surface area contributed by atoms with Gasteiger partial charge in [0.25, 0.3) is 0 Å². The zero-order valence-corrected chi connectivity index (χ0v) is 39.1. The maximum atomic E-state index is 14.3. The molecule has 0 atom stereocenters. The van der Waals surface area contributed by atoms with Gasteiger partial charge in [-0.05, 0) is 81.7 Å². The van der Waals surface area contributed by atoms with E-state index in [1.54, 1.807) is 25.1 Å². The Morgan fingerprint density at radius 3 is 1.71 bits per heavy atom. The molecular formula is C49H51BrFN11O6. The number of benzene rings is 4. The Balaban J connectivity index is 0.000000176. The van der Waals surface area contributed by atoms with E-state index < -0.39 is 11.8 Å². The number of aromatic nitrogens is 8. The van der Waals surface area contributed by atoms with Gasteiger partial charge in [0.1, 0.15) is 65.4 Å². The molecule has 2 aliphatic heterocycles. The second-order valence-corrected chi connectivity index (χ2v) is 17.3. The lowest BCUT2D eigenvalue weighted by molar-refractivity contribution is -0.137. The Hall–Kier alpha value is -7.06. The third-order valence-corrected chi connectivity index (χ3v) is 11.7. The smallest absolute Gasteiger partial charge is 0.317 e. The van der Waals surface area contributed by atoms with Gasteiger partial charge in [0.2, 0.25) is 0 Å². The Bertz CT molecular complexity index is 2940. The van der Waals surface area contributed by atoms with Crippen LogP contribution in [0.5, 0.6) is 17.2 Å². The van der Waals surface area contributed by atoms with Crippen LogP contribution in [0, 0.1) is 5.82 Å². The van der Waals surface area contributed by atoms with Gasteiger partial charge < -0.3 is 35.5 Å². The van der Waals surface area contributed by atoms with Crippen LogP contribution < -0.4 is 20.9 Å². The lowest BCUT2D eigenvalue weighted by Crippen LogP contribution is -2.20. The molecule has 0 aliphatic carbocycles. The predicted molar refractivity (Wildman–Crippen MR) is 260 cm³/mol. The number of carbonyl (C=O) groups is 1. The van der Waals surface area contributed by atoms with Crippen molar-refractivity contribution in [1.29, 1.82) is 0 Å². The van der Waals surface area contributed by atoms with E-state index in [4.69, 9.17) is 45.7 Å². The molecule has 2 saturated heterocycles. The number of rotatable bonds is 11. The fourth-order valence-electron chi connectivity index (χ4n) is 7.88. The van der Waals surface area contributed by atoms with Crippen molar-refractivity contribution in [1.82, 2.24) is 44.4 Å². The van der Waals surface area contributed by atoms with Crippen LogP contribution in [-0.4, -0.2) is 103 Å². The minimum Gasteiger partial charge on any atom is -0.489 e. The third kappa shape index (κ3) is 11.7. The lowest BCUT2D eigenvalue weighted by Gasteiger charge is -2.22. The summed E-state index contributed by atoms with van der Waals surface area (Å²) >= 11 is 3.46. The van der Waals surface area contributed by atoms with E-state index in [9.17, 15) is 9.18 Å². The Kier molecular flexibility index (Phi) is 15.5. The fourth-order valence-corrected chi connectivity index (χ4v) is 8.14. The van der Waals surface area contributed by atoms with Crippen molar-refractivity contribution in [3.05, 3.63) is 126 Å². The van der Waals surface area contributed by atoms with Crippen molar-refractivity contribution >= 4 is 55.6 Å². The number of carboxylic acids is 1. The van der Waals surface area contributed by atoms with Crippen LogP contribution in [-0.2, 0) is 20.9 Å². The summed E-state index contributed by atoms with van der Waals surface area (Å²) in [6, 6.07) is 29.9. The van der Waals surface area contributed by atoms with Crippen LogP contribution in [0.3, 0.4) is 0 Å². The van der Waals surface area contributed by atoms with Crippen molar-refractivity contribution in [3.63, 3.8) is 0 Å². The predicted octanol–water partition coefficient (Wildman–Crippen LogP) is 8.76. The summed E-state index contributed by atoms with van der Waals surface area (Å²) in [5.74, 6) is 0.893. The van der Waals surface area contributed by atoms with Crippen LogP contribution in [0.25, 0.3) is 44.6 Å². The van der Waals surface area contributed by atoms with Crippen LogP contribution >= 0.6 is 15.9 Å². The van der Waals surface area contributed by atoms with Gasteiger partial charge in [-0.25, -0.2) is 33.7 Å².